The van der Waals surface area contributed by atoms with Gasteiger partial charge in [-0.1, -0.05) is 13.8 Å². The predicted molar refractivity (Wildman–Crippen MR) is 87.4 cm³/mol. The molecule has 0 aliphatic carbocycles. The average Bonchev–Trinajstić information content (AvgIpc) is 2.85. The Morgan fingerprint density at radius 2 is 2.32 bits per heavy atom. The summed E-state index contributed by atoms with van der Waals surface area (Å²) in [5.41, 5.74) is 1.53. The third-order valence-corrected chi connectivity index (χ3v) is 6.45. The Balaban J connectivity index is 1.84. The lowest BCUT2D eigenvalue weighted by molar-refractivity contribution is 0.247. The molecule has 2 nitrogen and oxygen atoms in total. The van der Waals surface area contributed by atoms with Gasteiger partial charge < -0.3 is 10.2 Å². The smallest absolute Gasteiger partial charge is 0.0649 e. The van der Waals surface area contributed by atoms with Gasteiger partial charge in [0, 0.05) is 30.4 Å². The molecule has 0 radical (unpaired) electrons. The number of hydrogen-bond acceptors (Lipinski definition) is 4. The van der Waals surface area contributed by atoms with E-state index < -0.39 is 0 Å². The van der Waals surface area contributed by atoms with E-state index in [4.69, 9.17) is 0 Å². The lowest BCUT2D eigenvalue weighted by Gasteiger charge is -2.29. The zero-order chi connectivity index (χ0) is 13.8. The van der Waals surface area contributed by atoms with E-state index in [0.29, 0.717) is 12.1 Å². The van der Waals surface area contributed by atoms with E-state index in [1.165, 1.54) is 22.6 Å². The summed E-state index contributed by atoms with van der Waals surface area (Å²) >= 11 is 3.93. The van der Waals surface area contributed by atoms with Crippen LogP contribution in [-0.4, -0.2) is 36.3 Å². The van der Waals surface area contributed by atoms with Crippen molar-refractivity contribution in [3.05, 3.63) is 17.0 Å². The van der Waals surface area contributed by atoms with Crippen LogP contribution < -0.4 is 5.32 Å². The number of fused-ring (bicyclic) bond motifs is 1. The molecule has 0 bridgehead atoms. The summed E-state index contributed by atoms with van der Waals surface area (Å²) < 4.78 is 1.52. The van der Waals surface area contributed by atoms with E-state index >= 15 is 0 Å². The molecule has 0 saturated carbocycles. The summed E-state index contributed by atoms with van der Waals surface area (Å²) in [5, 5.41) is 6.72. The Morgan fingerprint density at radius 3 is 3.05 bits per heavy atom. The molecule has 1 aromatic heterocycles. The molecular weight excluding hydrogens is 272 g/mol. The van der Waals surface area contributed by atoms with Crippen molar-refractivity contribution in [1.82, 2.24) is 10.2 Å². The van der Waals surface area contributed by atoms with Gasteiger partial charge in [-0.25, -0.2) is 0 Å². The minimum Gasteiger partial charge on any atom is -0.309 e. The number of hydrogen-bond donors (Lipinski definition) is 1. The van der Waals surface area contributed by atoms with Gasteiger partial charge in [0.2, 0.25) is 0 Å². The normalized spacial score (nSPS) is 24.5. The van der Waals surface area contributed by atoms with Crippen LogP contribution in [0.2, 0.25) is 0 Å². The van der Waals surface area contributed by atoms with Crippen LogP contribution in [0, 0.1) is 0 Å². The van der Waals surface area contributed by atoms with E-state index in [9.17, 15) is 0 Å². The maximum atomic E-state index is 3.76. The Morgan fingerprint density at radius 1 is 1.53 bits per heavy atom. The third kappa shape index (κ3) is 3.97. The highest BCUT2D eigenvalue weighted by atomic mass is 32.2. The van der Waals surface area contributed by atoms with Gasteiger partial charge in [-0.3, -0.25) is 0 Å². The summed E-state index contributed by atoms with van der Waals surface area (Å²) in [7, 11) is 2.23. The maximum absolute atomic E-state index is 3.76. The fourth-order valence-electron chi connectivity index (χ4n) is 2.49. The van der Waals surface area contributed by atoms with Crippen molar-refractivity contribution in [2.75, 3.05) is 20.1 Å². The summed E-state index contributed by atoms with van der Waals surface area (Å²) in [6.07, 6.45) is 2.48. The third-order valence-electron chi connectivity index (χ3n) is 4.11. The van der Waals surface area contributed by atoms with Gasteiger partial charge in [-0.2, -0.15) is 0 Å². The van der Waals surface area contributed by atoms with E-state index in [2.05, 4.69) is 49.5 Å². The molecule has 1 N–H and O–H groups in total. The standard InChI is InChI=1S/C15H26N2S2/c1-5-11(2)17(4)8-7-16-14-10-12(3)19-15-13(14)6-9-18-15/h6,9,11-12,14,16H,5,7-8,10H2,1-4H3/t11?,12-,14?/m0/s1. The highest BCUT2D eigenvalue weighted by Crippen LogP contribution is 2.43. The van der Waals surface area contributed by atoms with Crippen molar-refractivity contribution in [2.24, 2.45) is 0 Å². The number of likely N-dealkylation sites (N-methyl/N-ethyl adjacent to an activating group) is 1. The lowest BCUT2D eigenvalue weighted by Crippen LogP contribution is -2.37. The highest BCUT2D eigenvalue weighted by molar-refractivity contribution is 8.01. The molecule has 0 spiro atoms. The van der Waals surface area contributed by atoms with E-state index in [-0.39, 0.29) is 0 Å². The fraction of sp³-hybridized carbons (Fsp3) is 0.733. The Bertz CT molecular complexity index is 391. The first-order chi connectivity index (χ1) is 9.11. The van der Waals surface area contributed by atoms with Gasteiger partial charge in [0.25, 0.3) is 0 Å². The monoisotopic (exact) mass is 298 g/mol. The van der Waals surface area contributed by atoms with Gasteiger partial charge >= 0.3 is 0 Å². The number of nitrogens with one attached hydrogen (secondary N) is 1. The molecule has 0 aromatic carbocycles. The van der Waals surface area contributed by atoms with Crippen molar-refractivity contribution in [3.8, 4) is 0 Å². The van der Waals surface area contributed by atoms with Crippen LogP contribution in [0.15, 0.2) is 15.7 Å². The second-order valence-corrected chi connectivity index (χ2v) is 8.20. The molecule has 0 amide bonds. The van der Waals surface area contributed by atoms with Gasteiger partial charge in [0.1, 0.15) is 0 Å². The van der Waals surface area contributed by atoms with Crippen LogP contribution >= 0.6 is 23.1 Å². The zero-order valence-corrected chi connectivity index (χ0v) is 14.1. The second kappa shape index (κ2) is 7.11. The van der Waals surface area contributed by atoms with Crippen molar-refractivity contribution in [2.45, 2.75) is 55.2 Å². The van der Waals surface area contributed by atoms with Gasteiger partial charge in [-0.05, 0) is 43.8 Å². The van der Waals surface area contributed by atoms with Crippen molar-refractivity contribution in [1.29, 1.82) is 0 Å². The quantitative estimate of drug-likeness (QED) is 0.855. The molecule has 1 aliphatic heterocycles. The number of nitrogens with zero attached hydrogens (tertiary/aromatic N) is 1. The number of thioether (sulfide) groups is 1. The van der Waals surface area contributed by atoms with E-state index in [0.717, 1.165) is 18.3 Å². The first-order valence-corrected chi connectivity index (χ1v) is 9.05. The van der Waals surface area contributed by atoms with Crippen LogP contribution in [0.3, 0.4) is 0 Å². The molecule has 4 heteroatoms. The number of thiophene rings is 1. The van der Waals surface area contributed by atoms with Crippen molar-refractivity contribution in [3.63, 3.8) is 0 Å². The Labute approximate surface area is 126 Å². The Hall–Kier alpha value is -0.0300. The molecule has 108 valence electrons. The van der Waals surface area contributed by atoms with E-state index in [1.54, 1.807) is 0 Å². The van der Waals surface area contributed by atoms with E-state index in [1.807, 2.05) is 23.1 Å². The molecule has 19 heavy (non-hydrogen) atoms. The largest absolute Gasteiger partial charge is 0.309 e. The summed E-state index contributed by atoms with van der Waals surface area (Å²) in [4.78, 5) is 2.45. The Kier molecular flexibility index (Phi) is 5.75. The molecule has 1 aliphatic rings. The second-order valence-electron chi connectivity index (χ2n) is 5.57. The van der Waals surface area contributed by atoms with Gasteiger partial charge in [0.15, 0.2) is 0 Å². The highest BCUT2D eigenvalue weighted by Gasteiger charge is 2.25. The van der Waals surface area contributed by atoms with Gasteiger partial charge in [-0.15, -0.1) is 23.1 Å². The molecule has 2 heterocycles. The minimum atomic E-state index is 0.558. The van der Waals surface area contributed by atoms with Crippen LogP contribution in [0.1, 0.15) is 45.2 Å². The van der Waals surface area contributed by atoms with Crippen LogP contribution in [-0.2, 0) is 0 Å². The molecule has 0 saturated heterocycles. The summed E-state index contributed by atoms with van der Waals surface area (Å²) in [6.45, 7) is 9.11. The van der Waals surface area contributed by atoms with Crippen molar-refractivity contribution >= 4 is 23.1 Å². The van der Waals surface area contributed by atoms with Crippen LogP contribution in [0.5, 0.6) is 0 Å². The van der Waals surface area contributed by atoms with Gasteiger partial charge in [0.05, 0.1) is 4.21 Å². The fourth-order valence-corrected chi connectivity index (χ4v) is 5.06. The molecule has 3 atom stereocenters. The SMILES string of the molecule is CCC(C)N(C)CCNC1C[C@H](C)Sc2sccc21. The first-order valence-electron chi connectivity index (χ1n) is 7.29. The number of rotatable bonds is 6. The first kappa shape index (κ1) is 15.4. The summed E-state index contributed by atoms with van der Waals surface area (Å²) in [5.74, 6) is 0. The van der Waals surface area contributed by atoms with Crippen LogP contribution in [0.4, 0.5) is 0 Å². The molecule has 0 fully saturated rings. The predicted octanol–water partition coefficient (Wildman–Crippen LogP) is 3.99. The minimum absolute atomic E-state index is 0.558. The average molecular weight is 299 g/mol. The van der Waals surface area contributed by atoms with Crippen molar-refractivity contribution < 1.29 is 0 Å². The molecule has 2 rings (SSSR count). The topological polar surface area (TPSA) is 15.3 Å². The molecular formula is C15H26N2S2. The molecule has 1 aromatic rings. The lowest BCUT2D eigenvalue weighted by atomic mass is 10.0. The maximum Gasteiger partial charge on any atom is 0.0649 e. The van der Waals surface area contributed by atoms with Crippen LogP contribution in [0.25, 0.3) is 0 Å². The molecule has 2 unspecified atom stereocenters. The summed E-state index contributed by atoms with van der Waals surface area (Å²) in [6, 6.07) is 3.54. The zero-order valence-electron chi connectivity index (χ0n) is 12.5.